The van der Waals surface area contributed by atoms with Crippen molar-refractivity contribution in [1.29, 1.82) is 0 Å². The third-order valence-corrected chi connectivity index (χ3v) is 5.88. The van der Waals surface area contributed by atoms with Gasteiger partial charge in [-0.15, -0.1) is 0 Å². The van der Waals surface area contributed by atoms with Crippen molar-refractivity contribution in [2.75, 3.05) is 37.7 Å². The van der Waals surface area contributed by atoms with Gasteiger partial charge in [-0.2, -0.15) is 0 Å². The summed E-state index contributed by atoms with van der Waals surface area (Å²) in [5, 5.41) is 5.84. The van der Waals surface area contributed by atoms with Crippen LogP contribution in [0.3, 0.4) is 0 Å². The molecule has 4 N–H and O–H groups in total. The van der Waals surface area contributed by atoms with Crippen molar-refractivity contribution >= 4 is 21.7 Å². The van der Waals surface area contributed by atoms with Crippen molar-refractivity contribution in [3.8, 4) is 0 Å². The van der Waals surface area contributed by atoms with E-state index in [-0.39, 0.29) is 24.0 Å². The van der Waals surface area contributed by atoms with Gasteiger partial charge < -0.3 is 16.4 Å². The van der Waals surface area contributed by atoms with Gasteiger partial charge in [0.05, 0.1) is 23.6 Å². The lowest BCUT2D eigenvalue weighted by Crippen LogP contribution is -2.60. The first-order chi connectivity index (χ1) is 9.71. The van der Waals surface area contributed by atoms with Crippen molar-refractivity contribution in [3.63, 3.8) is 0 Å². The highest BCUT2D eigenvalue weighted by atomic mass is 32.2. The van der Waals surface area contributed by atoms with Gasteiger partial charge in [0.25, 0.3) is 0 Å². The molecule has 2 rings (SSSR count). The quantitative estimate of drug-likeness (QED) is 0.524. The molecule has 0 aliphatic carbocycles. The van der Waals surface area contributed by atoms with E-state index in [4.69, 9.17) is 5.73 Å². The highest BCUT2D eigenvalue weighted by Gasteiger charge is 2.40. The lowest BCUT2D eigenvalue weighted by molar-refractivity contribution is -0.128. The molecule has 0 aromatic carbocycles. The molecule has 2 aliphatic heterocycles. The van der Waals surface area contributed by atoms with Crippen molar-refractivity contribution in [3.05, 3.63) is 0 Å². The van der Waals surface area contributed by atoms with Crippen LogP contribution < -0.4 is 16.4 Å². The summed E-state index contributed by atoms with van der Waals surface area (Å²) in [5.74, 6) is -0.680. The van der Waals surface area contributed by atoms with Gasteiger partial charge in [-0.05, 0) is 13.3 Å². The molecule has 2 fully saturated rings. The minimum Gasteiger partial charge on any atom is -0.368 e. The van der Waals surface area contributed by atoms with Crippen LogP contribution in [0.4, 0.5) is 0 Å². The molecular formula is C12H22N4O4S. The third kappa shape index (κ3) is 4.14. The molecule has 8 nitrogen and oxygen atoms in total. The van der Waals surface area contributed by atoms with Gasteiger partial charge in [-0.3, -0.25) is 14.5 Å². The van der Waals surface area contributed by atoms with E-state index in [0.29, 0.717) is 26.1 Å². The van der Waals surface area contributed by atoms with Crippen LogP contribution >= 0.6 is 0 Å². The minimum atomic E-state index is -3.07. The Hall–Kier alpha value is -1.19. The minimum absolute atomic E-state index is 0.0352. The van der Waals surface area contributed by atoms with E-state index in [1.54, 1.807) is 11.8 Å². The standard InChI is InChI=1S/C12H22N4O4S/c1-12(2-5-21(19,20)8-12)15-10(17)7-16-4-3-14-6-9(16)11(13)18/h9,14H,2-8H2,1H3,(H2,13,18)(H,15,17). The van der Waals surface area contributed by atoms with E-state index in [2.05, 4.69) is 10.6 Å². The van der Waals surface area contributed by atoms with Crippen molar-refractivity contribution in [1.82, 2.24) is 15.5 Å². The van der Waals surface area contributed by atoms with E-state index in [9.17, 15) is 18.0 Å². The predicted octanol–water partition coefficient (Wildman–Crippen LogP) is -2.56. The first kappa shape index (κ1) is 16.2. The predicted molar refractivity (Wildman–Crippen MR) is 77.2 cm³/mol. The van der Waals surface area contributed by atoms with Crippen LogP contribution in [0.25, 0.3) is 0 Å². The summed E-state index contributed by atoms with van der Waals surface area (Å²) in [4.78, 5) is 25.2. The molecule has 2 heterocycles. The number of nitrogens with one attached hydrogen (secondary N) is 2. The Kier molecular flexibility index (Phi) is 4.54. The molecule has 2 aliphatic rings. The van der Waals surface area contributed by atoms with Crippen molar-refractivity contribution in [2.24, 2.45) is 5.73 Å². The summed E-state index contributed by atoms with van der Waals surface area (Å²) in [6.07, 6.45) is 0.419. The third-order valence-electron chi connectivity index (χ3n) is 3.97. The molecule has 0 aromatic rings. The van der Waals surface area contributed by atoms with Crippen molar-refractivity contribution in [2.45, 2.75) is 24.9 Å². The number of hydrogen-bond acceptors (Lipinski definition) is 6. The second-order valence-corrected chi connectivity index (χ2v) is 8.23. The normalized spacial score (nSPS) is 32.7. The van der Waals surface area contributed by atoms with Gasteiger partial charge in [0, 0.05) is 19.6 Å². The summed E-state index contributed by atoms with van der Waals surface area (Å²) < 4.78 is 23.1. The Morgan fingerprint density at radius 3 is 2.76 bits per heavy atom. The number of nitrogens with zero attached hydrogens (tertiary/aromatic N) is 1. The van der Waals surface area contributed by atoms with Gasteiger partial charge in [0.1, 0.15) is 6.04 Å². The molecule has 2 atom stereocenters. The highest BCUT2D eigenvalue weighted by molar-refractivity contribution is 7.91. The maximum absolute atomic E-state index is 12.1. The Morgan fingerprint density at radius 2 is 2.19 bits per heavy atom. The topological polar surface area (TPSA) is 122 Å². The number of piperazine rings is 1. The largest absolute Gasteiger partial charge is 0.368 e. The summed E-state index contributed by atoms with van der Waals surface area (Å²) >= 11 is 0. The van der Waals surface area contributed by atoms with Crippen LogP contribution in [0.1, 0.15) is 13.3 Å². The number of rotatable bonds is 4. The lowest BCUT2D eigenvalue weighted by atomic mass is 10.0. The van der Waals surface area contributed by atoms with E-state index in [1.165, 1.54) is 0 Å². The molecule has 2 saturated heterocycles. The van der Waals surface area contributed by atoms with E-state index < -0.39 is 27.3 Å². The fraction of sp³-hybridized carbons (Fsp3) is 0.833. The molecule has 9 heteroatoms. The summed E-state index contributed by atoms with van der Waals surface area (Å²) in [6.45, 7) is 3.44. The molecule has 0 radical (unpaired) electrons. The maximum atomic E-state index is 12.1. The number of nitrogens with two attached hydrogens (primary N) is 1. The summed E-state index contributed by atoms with van der Waals surface area (Å²) in [5.41, 5.74) is 4.61. The molecule has 0 bridgehead atoms. The number of carbonyl (C=O) groups is 2. The SMILES string of the molecule is CC1(NC(=O)CN2CCNCC2C(N)=O)CCS(=O)(=O)C1. The number of primary amides is 1. The zero-order chi connectivity index (χ0) is 15.7. The Morgan fingerprint density at radius 1 is 1.48 bits per heavy atom. The molecule has 2 unspecified atom stereocenters. The second kappa shape index (κ2) is 5.90. The number of hydrogen-bond donors (Lipinski definition) is 3. The van der Waals surface area contributed by atoms with Crippen LogP contribution in [0.5, 0.6) is 0 Å². The van der Waals surface area contributed by atoms with Gasteiger partial charge in [0.15, 0.2) is 9.84 Å². The number of carbonyl (C=O) groups excluding carboxylic acids is 2. The Labute approximate surface area is 124 Å². The van der Waals surface area contributed by atoms with Gasteiger partial charge in [-0.1, -0.05) is 0 Å². The van der Waals surface area contributed by atoms with E-state index in [1.807, 2.05) is 0 Å². The fourth-order valence-electron chi connectivity index (χ4n) is 2.89. The summed E-state index contributed by atoms with van der Waals surface area (Å²) in [6, 6.07) is -0.510. The second-order valence-electron chi connectivity index (χ2n) is 6.04. The first-order valence-electron chi connectivity index (χ1n) is 6.96. The van der Waals surface area contributed by atoms with Crippen LogP contribution in [-0.2, 0) is 19.4 Å². The van der Waals surface area contributed by atoms with Gasteiger partial charge >= 0.3 is 0 Å². The zero-order valence-electron chi connectivity index (χ0n) is 12.1. The van der Waals surface area contributed by atoms with Crippen LogP contribution in [-0.4, -0.2) is 74.4 Å². The molecular weight excluding hydrogens is 296 g/mol. The maximum Gasteiger partial charge on any atom is 0.236 e. The van der Waals surface area contributed by atoms with E-state index >= 15 is 0 Å². The Balaban J connectivity index is 1.93. The van der Waals surface area contributed by atoms with Gasteiger partial charge in [-0.25, -0.2) is 8.42 Å². The molecule has 0 spiro atoms. The Bertz CT molecular complexity index is 535. The van der Waals surface area contributed by atoms with Crippen molar-refractivity contribution < 1.29 is 18.0 Å². The number of amides is 2. The van der Waals surface area contributed by atoms with Gasteiger partial charge in [0.2, 0.25) is 11.8 Å². The zero-order valence-corrected chi connectivity index (χ0v) is 12.9. The smallest absolute Gasteiger partial charge is 0.236 e. The fourth-order valence-corrected chi connectivity index (χ4v) is 4.98. The van der Waals surface area contributed by atoms with E-state index in [0.717, 1.165) is 0 Å². The van der Waals surface area contributed by atoms with Crippen LogP contribution in [0, 0.1) is 0 Å². The van der Waals surface area contributed by atoms with Crippen LogP contribution in [0.15, 0.2) is 0 Å². The highest BCUT2D eigenvalue weighted by Crippen LogP contribution is 2.22. The average molecular weight is 318 g/mol. The molecule has 0 saturated carbocycles. The molecule has 21 heavy (non-hydrogen) atoms. The molecule has 0 aromatic heterocycles. The summed E-state index contributed by atoms with van der Waals surface area (Å²) in [7, 11) is -3.07. The molecule has 2 amide bonds. The van der Waals surface area contributed by atoms with Crippen LogP contribution in [0.2, 0.25) is 0 Å². The average Bonchev–Trinajstić information content (AvgIpc) is 2.63. The monoisotopic (exact) mass is 318 g/mol. The lowest BCUT2D eigenvalue weighted by Gasteiger charge is -2.34. The first-order valence-corrected chi connectivity index (χ1v) is 8.78. The number of sulfone groups is 1. The molecule has 120 valence electrons.